The van der Waals surface area contributed by atoms with E-state index >= 15 is 0 Å². The molecule has 0 saturated carbocycles. The molecular formula is C18H18ClN3O4. The molecule has 0 bridgehead atoms. The van der Waals surface area contributed by atoms with Crippen LogP contribution in [0.2, 0.25) is 5.02 Å². The van der Waals surface area contributed by atoms with Gasteiger partial charge >= 0.3 is 11.8 Å². The number of hydrogen-bond acceptors (Lipinski definition) is 4. The van der Waals surface area contributed by atoms with Crippen molar-refractivity contribution >= 4 is 35.0 Å². The van der Waals surface area contributed by atoms with Crippen molar-refractivity contribution in [3.05, 3.63) is 52.9 Å². The van der Waals surface area contributed by atoms with Crippen LogP contribution in [0.1, 0.15) is 16.1 Å². The molecule has 2 heterocycles. The lowest BCUT2D eigenvalue weighted by Gasteiger charge is -2.33. The van der Waals surface area contributed by atoms with Gasteiger partial charge in [0.25, 0.3) is 5.91 Å². The summed E-state index contributed by atoms with van der Waals surface area (Å²) in [6, 6.07) is 8.35. The number of benzene rings is 1. The lowest BCUT2D eigenvalue weighted by Crippen LogP contribution is -2.53. The van der Waals surface area contributed by atoms with E-state index in [0.717, 1.165) is 0 Å². The van der Waals surface area contributed by atoms with Crippen molar-refractivity contribution in [1.29, 1.82) is 0 Å². The number of furan rings is 1. The Kier molecular flexibility index (Phi) is 5.27. The zero-order valence-electron chi connectivity index (χ0n) is 14.2. The number of carbonyl (C=O) groups excluding carboxylic acids is 3. The molecule has 1 N–H and O–H groups in total. The van der Waals surface area contributed by atoms with Gasteiger partial charge in [-0.1, -0.05) is 17.7 Å². The Balaban J connectivity index is 1.57. The minimum absolute atomic E-state index is 0.221. The summed E-state index contributed by atoms with van der Waals surface area (Å²) in [7, 11) is 0. The second-order valence-corrected chi connectivity index (χ2v) is 6.34. The molecule has 1 aromatic carbocycles. The van der Waals surface area contributed by atoms with E-state index < -0.39 is 11.8 Å². The van der Waals surface area contributed by atoms with E-state index in [4.69, 9.17) is 16.0 Å². The third kappa shape index (κ3) is 3.72. The Morgan fingerprint density at radius 2 is 1.73 bits per heavy atom. The van der Waals surface area contributed by atoms with Crippen LogP contribution >= 0.6 is 11.6 Å². The molecular weight excluding hydrogens is 358 g/mol. The second-order valence-electron chi connectivity index (χ2n) is 5.93. The van der Waals surface area contributed by atoms with Gasteiger partial charge in [0.2, 0.25) is 0 Å². The molecule has 1 fully saturated rings. The standard InChI is InChI=1S/C18H18ClN3O4/c1-12-13(19)4-2-5-14(12)20-16(23)18(25)22-9-7-21(8-10-22)17(24)15-6-3-11-26-15/h2-6,11H,7-10H2,1H3,(H,20,23). The molecule has 0 radical (unpaired) electrons. The zero-order valence-corrected chi connectivity index (χ0v) is 15.0. The van der Waals surface area contributed by atoms with Crippen molar-refractivity contribution in [2.45, 2.75) is 6.92 Å². The van der Waals surface area contributed by atoms with Gasteiger partial charge in [-0.2, -0.15) is 0 Å². The van der Waals surface area contributed by atoms with Gasteiger partial charge in [0.05, 0.1) is 6.26 Å². The fourth-order valence-corrected chi connectivity index (χ4v) is 2.91. The highest BCUT2D eigenvalue weighted by Crippen LogP contribution is 2.23. The number of nitrogens with zero attached hydrogens (tertiary/aromatic N) is 2. The first-order valence-electron chi connectivity index (χ1n) is 8.15. The van der Waals surface area contributed by atoms with Gasteiger partial charge in [0, 0.05) is 36.9 Å². The Labute approximate surface area is 155 Å². The summed E-state index contributed by atoms with van der Waals surface area (Å²) in [6.07, 6.45) is 1.44. The van der Waals surface area contributed by atoms with Gasteiger partial charge < -0.3 is 19.5 Å². The monoisotopic (exact) mass is 375 g/mol. The maximum absolute atomic E-state index is 12.4. The molecule has 0 aliphatic carbocycles. The van der Waals surface area contributed by atoms with Crippen molar-refractivity contribution < 1.29 is 18.8 Å². The summed E-state index contributed by atoms with van der Waals surface area (Å²) in [5.41, 5.74) is 1.20. The molecule has 3 amide bonds. The zero-order chi connectivity index (χ0) is 18.7. The van der Waals surface area contributed by atoms with E-state index in [1.165, 1.54) is 11.2 Å². The fourth-order valence-electron chi connectivity index (χ4n) is 2.73. The normalized spacial score (nSPS) is 14.2. The molecule has 0 spiro atoms. The molecule has 7 nitrogen and oxygen atoms in total. The fraction of sp³-hybridized carbons (Fsp3) is 0.278. The van der Waals surface area contributed by atoms with Crippen LogP contribution in [0, 0.1) is 6.92 Å². The van der Waals surface area contributed by atoms with Crippen LogP contribution in [0.25, 0.3) is 0 Å². The molecule has 0 atom stereocenters. The molecule has 2 aromatic rings. The number of amides is 3. The van der Waals surface area contributed by atoms with Gasteiger partial charge in [-0.25, -0.2) is 0 Å². The molecule has 8 heteroatoms. The van der Waals surface area contributed by atoms with Crippen LogP contribution in [-0.2, 0) is 9.59 Å². The van der Waals surface area contributed by atoms with E-state index in [1.54, 1.807) is 42.2 Å². The molecule has 0 unspecified atom stereocenters. The summed E-state index contributed by atoms with van der Waals surface area (Å²) in [5.74, 6) is -1.31. The number of rotatable bonds is 2. The highest BCUT2D eigenvalue weighted by molar-refractivity contribution is 6.40. The number of carbonyl (C=O) groups is 3. The molecule has 136 valence electrons. The average Bonchev–Trinajstić information content (AvgIpc) is 3.19. The minimum atomic E-state index is -0.721. The summed E-state index contributed by atoms with van der Waals surface area (Å²) >= 11 is 6.02. The van der Waals surface area contributed by atoms with Crippen LogP contribution in [0.3, 0.4) is 0 Å². The van der Waals surface area contributed by atoms with Crippen molar-refractivity contribution in [1.82, 2.24) is 9.80 Å². The molecule has 1 saturated heterocycles. The number of hydrogen-bond donors (Lipinski definition) is 1. The quantitative estimate of drug-likeness (QED) is 0.815. The van der Waals surface area contributed by atoms with Crippen LogP contribution < -0.4 is 5.32 Å². The van der Waals surface area contributed by atoms with Crippen LogP contribution in [0.4, 0.5) is 5.69 Å². The number of halogens is 1. The SMILES string of the molecule is Cc1c(Cl)cccc1NC(=O)C(=O)N1CCN(C(=O)c2ccco2)CC1. The van der Waals surface area contributed by atoms with Gasteiger partial charge in [0.15, 0.2) is 5.76 Å². The second kappa shape index (κ2) is 7.61. The van der Waals surface area contributed by atoms with Crippen molar-refractivity contribution in [3.8, 4) is 0 Å². The third-order valence-electron chi connectivity index (χ3n) is 4.30. The smallest absolute Gasteiger partial charge is 0.313 e. The molecule has 1 aliphatic heterocycles. The van der Waals surface area contributed by atoms with Crippen molar-refractivity contribution in [3.63, 3.8) is 0 Å². The Bertz CT molecular complexity index is 827. The summed E-state index contributed by atoms with van der Waals surface area (Å²) in [5, 5.41) is 3.11. The Morgan fingerprint density at radius 3 is 2.38 bits per heavy atom. The van der Waals surface area contributed by atoms with Gasteiger partial charge in [0.1, 0.15) is 0 Å². The molecule has 26 heavy (non-hydrogen) atoms. The summed E-state index contributed by atoms with van der Waals surface area (Å²) < 4.78 is 5.10. The maximum Gasteiger partial charge on any atom is 0.313 e. The summed E-state index contributed by atoms with van der Waals surface area (Å²) in [6.45, 7) is 3.02. The third-order valence-corrected chi connectivity index (χ3v) is 4.71. The van der Waals surface area contributed by atoms with Gasteiger partial charge in [-0.05, 0) is 36.8 Å². The van der Waals surface area contributed by atoms with E-state index in [9.17, 15) is 14.4 Å². The molecule has 3 rings (SSSR count). The average molecular weight is 376 g/mol. The van der Waals surface area contributed by atoms with Crippen molar-refractivity contribution in [2.24, 2.45) is 0 Å². The number of anilines is 1. The van der Waals surface area contributed by atoms with Crippen molar-refractivity contribution in [2.75, 3.05) is 31.5 Å². The first-order valence-corrected chi connectivity index (χ1v) is 8.53. The summed E-state index contributed by atoms with van der Waals surface area (Å²) in [4.78, 5) is 39.8. The van der Waals surface area contributed by atoms with Crippen LogP contribution in [0.5, 0.6) is 0 Å². The number of nitrogens with one attached hydrogen (secondary N) is 1. The largest absolute Gasteiger partial charge is 0.459 e. The number of piperazine rings is 1. The highest BCUT2D eigenvalue weighted by atomic mass is 35.5. The van der Waals surface area contributed by atoms with E-state index in [2.05, 4.69) is 5.32 Å². The van der Waals surface area contributed by atoms with E-state index in [-0.39, 0.29) is 24.8 Å². The lowest BCUT2D eigenvalue weighted by atomic mass is 10.2. The molecule has 1 aromatic heterocycles. The lowest BCUT2D eigenvalue weighted by molar-refractivity contribution is -0.144. The predicted octanol–water partition coefficient (Wildman–Crippen LogP) is 2.16. The van der Waals surface area contributed by atoms with Crippen LogP contribution in [-0.4, -0.2) is 53.7 Å². The predicted molar refractivity (Wildman–Crippen MR) is 96.0 cm³/mol. The van der Waals surface area contributed by atoms with E-state index in [0.29, 0.717) is 29.4 Å². The van der Waals surface area contributed by atoms with Gasteiger partial charge in [-0.15, -0.1) is 0 Å². The molecule has 1 aliphatic rings. The minimum Gasteiger partial charge on any atom is -0.459 e. The highest BCUT2D eigenvalue weighted by Gasteiger charge is 2.29. The Morgan fingerprint density at radius 1 is 1.04 bits per heavy atom. The maximum atomic E-state index is 12.4. The van der Waals surface area contributed by atoms with Gasteiger partial charge in [-0.3, -0.25) is 14.4 Å². The topological polar surface area (TPSA) is 82.9 Å². The van der Waals surface area contributed by atoms with E-state index in [1.807, 2.05) is 0 Å². The first-order chi connectivity index (χ1) is 12.5. The first kappa shape index (κ1) is 18.0. The Hall–Kier alpha value is -2.80. The van der Waals surface area contributed by atoms with Crippen LogP contribution in [0.15, 0.2) is 41.0 Å².